The molecule has 2 aromatic heterocycles. The molecule has 8 nitrogen and oxygen atoms in total. The minimum absolute atomic E-state index is 0.0890. The third-order valence-corrected chi connectivity index (χ3v) is 7.94. The monoisotopic (exact) mass is 580 g/mol. The smallest absolute Gasteiger partial charge is 0.339 e. The van der Waals surface area contributed by atoms with Gasteiger partial charge in [-0.1, -0.05) is 65.2 Å². The number of aromatic nitrogens is 2. The van der Waals surface area contributed by atoms with Crippen LogP contribution >= 0.6 is 0 Å². The van der Waals surface area contributed by atoms with Gasteiger partial charge in [0.2, 0.25) is 0 Å². The summed E-state index contributed by atoms with van der Waals surface area (Å²) in [6.45, 7) is 11.5. The first kappa shape index (κ1) is 33.3. The van der Waals surface area contributed by atoms with Crippen LogP contribution < -0.4 is 9.80 Å². The number of ether oxygens (including phenoxy) is 2. The molecular formula is C34H52N4O4. The van der Waals surface area contributed by atoms with Gasteiger partial charge in [0.25, 0.3) is 0 Å². The van der Waals surface area contributed by atoms with E-state index in [9.17, 15) is 9.59 Å². The van der Waals surface area contributed by atoms with E-state index >= 15 is 0 Å². The first-order chi connectivity index (χ1) is 20.4. The molecule has 0 aliphatic carbocycles. The number of pyridine rings is 2. The first-order valence-electron chi connectivity index (χ1n) is 16.2. The van der Waals surface area contributed by atoms with Gasteiger partial charge in [-0.25, -0.2) is 19.6 Å². The number of esters is 2. The summed E-state index contributed by atoms with van der Waals surface area (Å²) in [7, 11) is 0. The summed E-state index contributed by atoms with van der Waals surface area (Å²) >= 11 is 0. The van der Waals surface area contributed by atoms with Gasteiger partial charge in [-0.15, -0.1) is 0 Å². The largest absolute Gasteiger partial charge is 0.459 e. The zero-order valence-electron chi connectivity index (χ0n) is 26.4. The summed E-state index contributed by atoms with van der Waals surface area (Å²) in [5.74, 6) is 1.08. The molecule has 0 saturated carbocycles. The van der Waals surface area contributed by atoms with Gasteiger partial charge in [0.15, 0.2) is 0 Å². The second-order valence-corrected chi connectivity index (χ2v) is 11.6. The van der Waals surface area contributed by atoms with Gasteiger partial charge < -0.3 is 19.3 Å². The summed E-state index contributed by atoms with van der Waals surface area (Å²) in [5.41, 5.74) is 0.971. The summed E-state index contributed by atoms with van der Waals surface area (Å²) < 4.78 is 11.3. The van der Waals surface area contributed by atoms with E-state index in [0.29, 0.717) is 11.1 Å². The highest BCUT2D eigenvalue weighted by Gasteiger charge is 2.21. The van der Waals surface area contributed by atoms with Crippen LogP contribution in [0.3, 0.4) is 0 Å². The van der Waals surface area contributed by atoms with Crippen LogP contribution in [0.15, 0.2) is 36.7 Å². The minimum Gasteiger partial charge on any atom is -0.459 e. The van der Waals surface area contributed by atoms with Crippen LogP contribution in [0.25, 0.3) is 0 Å². The second-order valence-electron chi connectivity index (χ2n) is 11.6. The lowest BCUT2D eigenvalue weighted by Crippen LogP contribution is -2.47. The maximum atomic E-state index is 12.6. The van der Waals surface area contributed by atoms with E-state index < -0.39 is 0 Å². The lowest BCUT2D eigenvalue weighted by molar-refractivity contribution is 0.0308. The Bertz CT molecular complexity index is 967. The van der Waals surface area contributed by atoms with Crippen LogP contribution in [0.2, 0.25) is 0 Å². The van der Waals surface area contributed by atoms with Gasteiger partial charge in [0, 0.05) is 38.6 Å². The van der Waals surface area contributed by atoms with E-state index in [2.05, 4.69) is 33.6 Å². The number of unbranched alkanes of at least 4 members (excludes halogenated alkanes) is 8. The number of carbonyl (C=O) groups excluding carboxylic acids is 2. The molecule has 3 rings (SSSR count). The summed E-state index contributed by atoms with van der Waals surface area (Å²) in [6.07, 6.45) is 16.9. The molecule has 2 atom stereocenters. The summed E-state index contributed by atoms with van der Waals surface area (Å²) in [5, 5.41) is 0. The maximum Gasteiger partial charge on any atom is 0.339 e. The molecule has 0 spiro atoms. The lowest BCUT2D eigenvalue weighted by atomic mass is 10.1. The van der Waals surface area contributed by atoms with E-state index in [1.54, 1.807) is 24.5 Å². The average molecular weight is 581 g/mol. The molecule has 42 heavy (non-hydrogen) atoms. The zero-order valence-corrected chi connectivity index (χ0v) is 26.4. The van der Waals surface area contributed by atoms with Crippen LogP contribution in [0.5, 0.6) is 0 Å². The van der Waals surface area contributed by atoms with Gasteiger partial charge in [-0.3, -0.25) is 0 Å². The molecule has 0 unspecified atom stereocenters. The molecule has 2 aromatic rings. The molecule has 3 heterocycles. The third kappa shape index (κ3) is 11.3. The fraction of sp³-hybridized carbons (Fsp3) is 0.647. The normalized spacial score (nSPS) is 14.9. The number of hydrogen-bond donors (Lipinski definition) is 0. The van der Waals surface area contributed by atoms with E-state index in [0.717, 1.165) is 63.5 Å². The van der Waals surface area contributed by atoms with Gasteiger partial charge in [-0.2, -0.15) is 0 Å². The second kappa shape index (κ2) is 18.4. The predicted molar refractivity (Wildman–Crippen MR) is 169 cm³/mol. The zero-order chi connectivity index (χ0) is 30.2. The van der Waals surface area contributed by atoms with Crippen molar-refractivity contribution in [1.29, 1.82) is 0 Å². The third-order valence-electron chi connectivity index (χ3n) is 7.94. The Kier molecular flexibility index (Phi) is 14.6. The van der Waals surface area contributed by atoms with E-state index in [1.807, 2.05) is 26.0 Å². The Balaban J connectivity index is 1.40. The molecule has 0 bridgehead atoms. The van der Waals surface area contributed by atoms with Crippen LogP contribution in [-0.2, 0) is 9.47 Å². The topological polar surface area (TPSA) is 84.9 Å². The first-order valence-corrected chi connectivity index (χ1v) is 16.2. The molecule has 1 fully saturated rings. The number of rotatable bonds is 18. The molecule has 232 valence electrons. The Morgan fingerprint density at radius 3 is 1.36 bits per heavy atom. The van der Waals surface area contributed by atoms with Gasteiger partial charge >= 0.3 is 11.9 Å². The highest BCUT2D eigenvalue weighted by molar-refractivity contribution is 5.89. The van der Waals surface area contributed by atoms with E-state index in [-0.39, 0.29) is 24.1 Å². The van der Waals surface area contributed by atoms with Gasteiger partial charge in [0.05, 0.1) is 23.3 Å². The van der Waals surface area contributed by atoms with E-state index in [1.165, 1.54) is 51.4 Å². The fourth-order valence-electron chi connectivity index (χ4n) is 5.24. The maximum absolute atomic E-state index is 12.6. The van der Waals surface area contributed by atoms with Crippen molar-refractivity contribution in [2.45, 2.75) is 117 Å². The van der Waals surface area contributed by atoms with Crippen molar-refractivity contribution in [3.05, 3.63) is 47.8 Å². The Labute approximate surface area is 253 Å². The average Bonchev–Trinajstić information content (AvgIpc) is 3.01. The Hall–Kier alpha value is -3.16. The number of anilines is 2. The van der Waals surface area contributed by atoms with E-state index in [4.69, 9.17) is 9.47 Å². The number of hydrogen-bond acceptors (Lipinski definition) is 8. The highest BCUT2D eigenvalue weighted by Crippen LogP contribution is 2.20. The van der Waals surface area contributed by atoms with Gasteiger partial charge in [0.1, 0.15) is 11.6 Å². The van der Waals surface area contributed by atoms with Crippen LogP contribution in [0, 0.1) is 0 Å². The molecular weight excluding hydrogens is 528 g/mol. The van der Waals surface area contributed by atoms with Crippen molar-refractivity contribution in [2.75, 3.05) is 36.0 Å². The van der Waals surface area contributed by atoms with Gasteiger partial charge in [-0.05, 0) is 63.8 Å². The van der Waals surface area contributed by atoms with Crippen LogP contribution in [-0.4, -0.2) is 60.3 Å². The summed E-state index contributed by atoms with van der Waals surface area (Å²) in [4.78, 5) is 38.6. The fourth-order valence-corrected chi connectivity index (χ4v) is 5.24. The highest BCUT2D eigenvalue weighted by atomic mass is 16.5. The van der Waals surface area contributed by atoms with Crippen LogP contribution in [0.4, 0.5) is 11.6 Å². The predicted octanol–water partition coefficient (Wildman–Crippen LogP) is 7.61. The number of piperazine rings is 1. The summed E-state index contributed by atoms with van der Waals surface area (Å²) in [6, 6.07) is 7.40. The van der Waals surface area contributed by atoms with Crippen molar-refractivity contribution in [2.24, 2.45) is 0 Å². The van der Waals surface area contributed by atoms with Crippen molar-refractivity contribution in [3.63, 3.8) is 0 Å². The lowest BCUT2D eigenvalue weighted by Gasteiger charge is -2.36. The molecule has 0 N–H and O–H groups in total. The Morgan fingerprint density at radius 2 is 1.02 bits per heavy atom. The molecule has 8 heteroatoms. The standard InChI is InChI=1S/C34H52N4O4/c1-5-7-9-11-13-15-27(3)41-33(39)29-17-19-31(35-25-29)37-21-23-38(24-22-37)32-20-18-30(26-36-32)34(40)42-28(4)16-14-12-10-8-6-2/h17-20,25-28H,5-16,21-24H2,1-4H3/t27-,28-/m0/s1. The minimum atomic E-state index is -0.310. The number of nitrogens with zero attached hydrogens (tertiary/aromatic N) is 4. The number of carbonyl (C=O) groups is 2. The van der Waals surface area contributed by atoms with Crippen molar-refractivity contribution in [1.82, 2.24) is 9.97 Å². The van der Waals surface area contributed by atoms with Crippen molar-refractivity contribution in [3.8, 4) is 0 Å². The molecule has 1 aliphatic heterocycles. The molecule has 0 radical (unpaired) electrons. The molecule has 1 saturated heterocycles. The molecule has 1 aliphatic rings. The SMILES string of the molecule is CCCCCCC[C@H](C)OC(=O)c1ccc(N2CCN(c3ccc(C(=O)O[C@@H](C)CCCCCCC)cn3)CC2)nc1. The quantitative estimate of drug-likeness (QED) is 0.132. The van der Waals surface area contributed by atoms with Crippen molar-refractivity contribution < 1.29 is 19.1 Å². The van der Waals surface area contributed by atoms with Crippen LogP contribution in [0.1, 0.15) is 125 Å². The molecule has 0 aromatic carbocycles. The van der Waals surface area contributed by atoms with Crippen molar-refractivity contribution >= 4 is 23.6 Å². The molecule has 0 amide bonds. The Morgan fingerprint density at radius 1 is 0.643 bits per heavy atom.